The highest BCUT2D eigenvalue weighted by Crippen LogP contribution is 2.33. The van der Waals surface area contributed by atoms with E-state index < -0.39 is 96.4 Å². The number of likely N-dealkylation sites (tertiary alicyclic amines) is 1. The second-order valence-corrected chi connectivity index (χ2v) is 10.5. The number of aliphatic hydroxyl groups is 1. The number of aliphatic hydroxyl groups excluding tert-OH is 1. The van der Waals surface area contributed by atoms with E-state index in [0.717, 1.165) is 5.56 Å². The van der Waals surface area contributed by atoms with Crippen molar-refractivity contribution in [1.29, 1.82) is 0 Å². The number of nitrogens with one attached hydrogen (secondary N) is 2. The number of carboxylic acid groups (broad SMARTS) is 1. The first-order valence-electron chi connectivity index (χ1n) is 13.4. The molecule has 2 aromatic carbocycles. The smallest absolute Gasteiger partial charge is 0.335 e. The van der Waals surface area contributed by atoms with Crippen LogP contribution in [-0.4, -0.2) is 76.5 Å². The molecule has 0 bridgehead atoms. The third-order valence-corrected chi connectivity index (χ3v) is 7.15. The van der Waals surface area contributed by atoms with Gasteiger partial charge < -0.3 is 25.7 Å². The molecule has 4 N–H and O–H groups in total. The van der Waals surface area contributed by atoms with Crippen LogP contribution in [0.5, 0.6) is 0 Å². The number of carboxylic acids is 1. The van der Waals surface area contributed by atoms with Crippen molar-refractivity contribution in [3.63, 3.8) is 0 Å². The summed E-state index contributed by atoms with van der Waals surface area (Å²) in [5.74, 6) is -7.17. The van der Waals surface area contributed by atoms with Crippen molar-refractivity contribution in [2.45, 2.75) is 63.6 Å². The highest BCUT2D eigenvalue weighted by Gasteiger charge is 2.43. The van der Waals surface area contributed by atoms with E-state index in [-0.39, 0.29) is 18.9 Å². The van der Waals surface area contributed by atoms with Crippen molar-refractivity contribution >= 4 is 23.7 Å². The number of rotatable bonds is 12. The highest BCUT2D eigenvalue weighted by atomic mass is 19.3. The molecule has 0 aromatic heterocycles. The van der Waals surface area contributed by atoms with E-state index in [1.807, 2.05) is 12.1 Å². The Balaban J connectivity index is 1.73. The third kappa shape index (κ3) is 8.05. The Morgan fingerprint density at radius 2 is 1.67 bits per heavy atom. The number of nitrogens with zero attached hydrogens (tertiary/aromatic N) is 1. The van der Waals surface area contributed by atoms with Crippen LogP contribution in [0.2, 0.25) is 0 Å². The standard InChI is InChI=1S/C29H33F4N3O6/c1-15(2)25(37)28(40)36-14-18(16-6-4-3-5-7-16)12-23(36)27(39)35-22(13-24(32)33)26(38)34-9-8-19-20(30)10-17(29(41)42)11-21(19)31/h3-7,10-11,15,18,22-25,37H,8-9,12-14H2,1-2H3,(H,34,38)(H,35,39)(H,41,42)/t18-,22+,23+,25+/m1/s1. The monoisotopic (exact) mass is 595 g/mol. The summed E-state index contributed by atoms with van der Waals surface area (Å²) >= 11 is 0. The molecule has 228 valence electrons. The maximum atomic E-state index is 14.2. The lowest BCUT2D eigenvalue weighted by atomic mass is 9.96. The van der Waals surface area contributed by atoms with Crippen molar-refractivity contribution in [2.24, 2.45) is 5.92 Å². The van der Waals surface area contributed by atoms with E-state index in [2.05, 4.69) is 10.6 Å². The van der Waals surface area contributed by atoms with Crippen LogP contribution < -0.4 is 10.6 Å². The number of hydrogen-bond donors (Lipinski definition) is 4. The summed E-state index contributed by atoms with van der Waals surface area (Å²) < 4.78 is 55.2. The van der Waals surface area contributed by atoms with Crippen LogP contribution in [0, 0.1) is 17.6 Å². The summed E-state index contributed by atoms with van der Waals surface area (Å²) in [6.45, 7) is 2.95. The maximum Gasteiger partial charge on any atom is 0.335 e. The number of benzene rings is 2. The Hall–Kier alpha value is -4.00. The first kappa shape index (κ1) is 32.5. The summed E-state index contributed by atoms with van der Waals surface area (Å²) in [4.78, 5) is 51.3. The normalized spacial score (nSPS) is 18.2. The lowest BCUT2D eigenvalue weighted by molar-refractivity contribution is -0.147. The van der Waals surface area contributed by atoms with Crippen molar-refractivity contribution in [1.82, 2.24) is 15.5 Å². The molecular formula is C29H33F4N3O6. The molecule has 0 saturated carbocycles. The van der Waals surface area contributed by atoms with E-state index in [0.29, 0.717) is 12.1 Å². The van der Waals surface area contributed by atoms with Gasteiger partial charge in [0.1, 0.15) is 29.8 Å². The summed E-state index contributed by atoms with van der Waals surface area (Å²) in [6.07, 6.45) is -5.76. The van der Waals surface area contributed by atoms with Gasteiger partial charge in [-0.25, -0.2) is 22.4 Å². The van der Waals surface area contributed by atoms with Crippen molar-refractivity contribution in [2.75, 3.05) is 13.1 Å². The number of amides is 3. The number of halogens is 4. The second kappa shape index (κ2) is 14.3. The van der Waals surface area contributed by atoms with Gasteiger partial charge in [-0.05, 0) is 36.5 Å². The SMILES string of the molecule is CC(C)[C@H](O)C(=O)N1C[C@H](c2ccccc2)C[C@H]1C(=O)N[C@@H](CC(F)F)C(=O)NCCc1c(F)cc(C(=O)O)cc1F. The van der Waals surface area contributed by atoms with Gasteiger partial charge >= 0.3 is 5.97 Å². The first-order valence-corrected chi connectivity index (χ1v) is 13.4. The van der Waals surface area contributed by atoms with Gasteiger partial charge in [0.15, 0.2) is 0 Å². The summed E-state index contributed by atoms with van der Waals surface area (Å²) in [5, 5.41) is 23.9. The largest absolute Gasteiger partial charge is 0.478 e. The topological polar surface area (TPSA) is 136 Å². The molecule has 2 aromatic rings. The quantitative estimate of drug-likeness (QED) is 0.279. The molecule has 0 spiro atoms. The molecule has 3 amide bonds. The van der Waals surface area contributed by atoms with Crippen LogP contribution in [0.15, 0.2) is 42.5 Å². The fourth-order valence-corrected chi connectivity index (χ4v) is 4.83. The highest BCUT2D eigenvalue weighted by molar-refractivity contribution is 5.93. The van der Waals surface area contributed by atoms with E-state index >= 15 is 0 Å². The van der Waals surface area contributed by atoms with Crippen LogP contribution in [0.1, 0.15) is 54.1 Å². The Bertz CT molecular complexity index is 1270. The number of carbonyl (C=O) groups excluding carboxylic acids is 3. The number of hydrogen-bond acceptors (Lipinski definition) is 5. The molecule has 9 nitrogen and oxygen atoms in total. The van der Waals surface area contributed by atoms with E-state index in [1.165, 1.54) is 4.90 Å². The van der Waals surface area contributed by atoms with Crippen molar-refractivity contribution in [3.05, 3.63) is 70.8 Å². The minimum absolute atomic E-state index is 0.0915. The molecule has 0 unspecified atom stereocenters. The zero-order chi connectivity index (χ0) is 31.1. The molecule has 0 radical (unpaired) electrons. The van der Waals surface area contributed by atoms with Gasteiger partial charge in [0, 0.05) is 31.0 Å². The van der Waals surface area contributed by atoms with Gasteiger partial charge in [-0.2, -0.15) is 0 Å². The van der Waals surface area contributed by atoms with E-state index in [4.69, 9.17) is 5.11 Å². The molecule has 1 aliphatic heterocycles. The predicted octanol–water partition coefficient (Wildman–Crippen LogP) is 2.86. The van der Waals surface area contributed by atoms with Gasteiger partial charge in [0.25, 0.3) is 5.91 Å². The lowest BCUT2D eigenvalue weighted by Gasteiger charge is -2.29. The molecule has 13 heteroatoms. The maximum absolute atomic E-state index is 14.2. The molecule has 1 heterocycles. The van der Waals surface area contributed by atoms with Crippen molar-refractivity contribution < 1.29 is 47.0 Å². The lowest BCUT2D eigenvalue weighted by Crippen LogP contribution is -2.55. The van der Waals surface area contributed by atoms with Crippen LogP contribution in [0.3, 0.4) is 0 Å². The molecule has 4 atom stereocenters. The minimum atomic E-state index is -3.00. The van der Waals surface area contributed by atoms with Crippen LogP contribution in [0.25, 0.3) is 0 Å². The first-order chi connectivity index (χ1) is 19.8. The third-order valence-electron chi connectivity index (χ3n) is 7.15. The number of carbonyl (C=O) groups is 4. The minimum Gasteiger partial charge on any atom is -0.478 e. The molecule has 3 rings (SSSR count). The molecule has 42 heavy (non-hydrogen) atoms. The average molecular weight is 596 g/mol. The Morgan fingerprint density at radius 3 is 2.21 bits per heavy atom. The van der Waals surface area contributed by atoms with E-state index in [1.54, 1.807) is 32.0 Å². The van der Waals surface area contributed by atoms with Crippen LogP contribution in [0.4, 0.5) is 17.6 Å². The Labute approximate surface area is 239 Å². The molecular weight excluding hydrogens is 562 g/mol. The van der Waals surface area contributed by atoms with Gasteiger partial charge in [0.2, 0.25) is 18.2 Å². The fraction of sp³-hybridized carbons (Fsp3) is 0.448. The summed E-state index contributed by atoms with van der Waals surface area (Å²) in [6, 6.07) is 7.38. The predicted molar refractivity (Wildman–Crippen MR) is 143 cm³/mol. The number of alkyl halides is 2. The van der Waals surface area contributed by atoms with Gasteiger partial charge in [-0.3, -0.25) is 14.4 Å². The Kier molecular flexibility index (Phi) is 11.0. The summed E-state index contributed by atoms with van der Waals surface area (Å²) in [5.41, 5.74) is -0.278. The van der Waals surface area contributed by atoms with Crippen molar-refractivity contribution in [3.8, 4) is 0 Å². The van der Waals surface area contributed by atoms with Gasteiger partial charge in [0.05, 0.1) is 5.56 Å². The zero-order valence-electron chi connectivity index (χ0n) is 23.0. The Morgan fingerprint density at radius 1 is 1.05 bits per heavy atom. The van der Waals surface area contributed by atoms with E-state index in [9.17, 15) is 41.8 Å². The average Bonchev–Trinajstić information content (AvgIpc) is 3.39. The van der Waals surface area contributed by atoms with Crippen LogP contribution >= 0.6 is 0 Å². The van der Waals surface area contributed by atoms with Crippen LogP contribution in [-0.2, 0) is 20.8 Å². The molecule has 1 aliphatic rings. The molecule has 0 aliphatic carbocycles. The number of aromatic carboxylic acids is 1. The van der Waals surface area contributed by atoms with Gasteiger partial charge in [-0.1, -0.05) is 44.2 Å². The molecule has 1 fully saturated rings. The second-order valence-electron chi connectivity index (χ2n) is 10.5. The molecule has 1 saturated heterocycles. The fourth-order valence-electron chi connectivity index (χ4n) is 4.83. The summed E-state index contributed by atoms with van der Waals surface area (Å²) in [7, 11) is 0. The van der Waals surface area contributed by atoms with Gasteiger partial charge in [-0.15, -0.1) is 0 Å². The zero-order valence-corrected chi connectivity index (χ0v) is 23.0.